The fourth-order valence-corrected chi connectivity index (χ4v) is 11.1. The topological polar surface area (TPSA) is 79.5 Å². The van der Waals surface area contributed by atoms with Crippen LogP contribution in [-0.2, 0) is 16.2 Å². The van der Waals surface area contributed by atoms with E-state index in [4.69, 9.17) is 16.3 Å². The van der Waals surface area contributed by atoms with E-state index < -0.39 is 0 Å². The highest BCUT2D eigenvalue weighted by Crippen LogP contribution is 2.69. The number of hydrogen-bond acceptors (Lipinski definition) is 6. The fraction of sp³-hybridized carbons (Fsp3) is 0.324. The van der Waals surface area contributed by atoms with Gasteiger partial charge >= 0.3 is 4.87 Å². The van der Waals surface area contributed by atoms with E-state index in [2.05, 4.69) is 36.2 Å². The minimum absolute atomic E-state index is 0.0127. The number of fused-ring (bicyclic) bond motifs is 9. The van der Waals surface area contributed by atoms with Gasteiger partial charge in [0.1, 0.15) is 12.4 Å². The van der Waals surface area contributed by atoms with E-state index in [9.17, 15) is 14.4 Å². The highest BCUT2D eigenvalue weighted by atomic mass is 35.5. The number of amides is 2. The lowest BCUT2D eigenvalue weighted by molar-refractivity contribution is -0.123. The average molecular weight is 629 g/mol. The van der Waals surface area contributed by atoms with Crippen molar-refractivity contribution in [3.8, 4) is 5.75 Å². The number of aromatic nitrogens is 1. The first kappa shape index (κ1) is 27.2. The summed E-state index contributed by atoms with van der Waals surface area (Å²) in [7, 11) is 0. The highest BCUT2D eigenvalue weighted by Gasteiger charge is 2.69. The van der Waals surface area contributed by atoms with Crippen molar-refractivity contribution in [3.63, 3.8) is 0 Å². The Kier molecular flexibility index (Phi) is 6.40. The van der Waals surface area contributed by atoms with Crippen molar-refractivity contribution in [1.29, 1.82) is 0 Å². The molecular weight excluding hydrogens is 600 g/mol. The number of aromatic amines is 1. The maximum Gasteiger partial charge on any atom is 0.305 e. The number of aryl methyl sites for hydroxylation is 2. The number of rotatable bonds is 5. The summed E-state index contributed by atoms with van der Waals surface area (Å²) in [6.07, 6.45) is 0.826. The van der Waals surface area contributed by atoms with E-state index in [-0.39, 0.29) is 57.4 Å². The maximum absolute atomic E-state index is 14.0. The van der Waals surface area contributed by atoms with Crippen LogP contribution in [-0.4, -0.2) is 22.0 Å². The predicted molar refractivity (Wildman–Crippen MR) is 169 cm³/mol. The van der Waals surface area contributed by atoms with Crippen LogP contribution in [0.25, 0.3) is 0 Å². The second kappa shape index (κ2) is 10.1. The Balaban J connectivity index is 1.20. The maximum atomic E-state index is 14.0. The number of carbonyl (C=O) groups excluding carboxylic acids is 2. The molecule has 4 aliphatic rings. The van der Waals surface area contributed by atoms with Gasteiger partial charge in [-0.25, -0.2) is 0 Å². The number of ether oxygens (including phenoxy) is 1. The smallest absolute Gasteiger partial charge is 0.305 e. The average Bonchev–Trinajstić information content (AvgIpc) is 3.73. The Morgan fingerprint density at radius 2 is 1.58 bits per heavy atom. The number of thiazole rings is 1. The lowest BCUT2D eigenvalue weighted by atomic mass is 9.68. The molecule has 2 bridgehead atoms. The van der Waals surface area contributed by atoms with Crippen LogP contribution in [0.2, 0.25) is 5.02 Å². The molecule has 0 unspecified atom stereocenters. The van der Waals surface area contributed by atoms with E-state index in [0.29, 0.717) is 17.3 Å². The number of nitrogens with zero attached hydrogens (tertiary/aromatic N) is 1. The molecule has 2 amide bonds. The monoisotopic (exact) mass is 628 g/mol. The summed E-state index contributed by atoms with van der Waals surface area (Å²) >= 11 is 9.54. The van der Waals surface area contributed by atoms with Gasteiger partial charge in [0, 0.05) is 26.6 Å². The Morgan fingerprint density at radius 1 is 0.907 bits per heavy atom. The van der Waals surface area contributed by atoms with E-state index in [1.165, 1.54) is 21.8 Å². The van der Waals surface area contributed by atoms with Crippen LogP contribution in [0.3, 0.4) is 0 Å². The zero-order valence-electron chi connectivity index (χ0n) is 23.6. The van der Waals surface area contributed by atoms with Crippen molar-refractivity contribution in [2.45, 2.75) is 43.1 Å². The van der Waals surface area contributed by atoms with Crippen molar-refractivity contribution in [2.24, 2.45) is 29.6 Å². The number of thioether (sulfide) groups is 1. The molecule has 0 radical (unpaired) electrons. The lowest BCUT2D eigenvalue weighted by Gasteiger charge is -2.43. The predicted octanol–water partition coefficient (Wildman–Crippen LogP) is 6.96. The zero-order valence-corrected chi connectivity index (χ0v) is 26.0. The van der Waals surface area contributed by atoms with E-state index in [0.717, 1.165) is 38.8 Å². The molecule has 2 aliphatic heterocycles. The summed E-state index contributed by atoms with van der Waals surface area (Å²) in [5.41, 5.74) is 4.90. The van der Waals surface area contributed by atoms with Gasteiger partial charge in [0.25, 0.3) is 0 Å². The number of hydrogen-bond donors (Lipinski definition) is 1. The zero-order chi connectivity index (χ0) is 29.6. The molecule has 3 fully saturated rings. The Morgan fingerprint density at radius 3 is 2.30 bits per heavy atom. The van der Waals surface area contributed by atoms with Gasteiger partial charge in [0.15, 0.2) is 0 Å². The van der Waals surface area contributed by atoms with Gasteiger partial charge in [0.05, 0.1) is 22.5 Å². The molecule has 1 N–H and O–H groups in total. The third-order valence-corrected chi connectivity index (χ3v) is 12.7. The Hall–Kier alpha value is -3.33. The molecule has 7 atom stereocenters. The van der Waals surface area contributed by atoms with Crippen LogP contribution in [0.15, 0.2) is 76.6 Å². The summed E-state index contributed by atoms with van der Waals surface area (Å²) in [4.78, 5) is 46.0. The van der Waals surface area contributed by atoms with Gasteiger partial charge in [0.2, 0.25) is 11.8 Å². The number of carbonyl (C=O) groups is 2. The van der Waals surface area contributed by atoms with Crippen LogP contribution >= 0.6 is 34.7 Å². The van der Waals surface area contributed by atoms with E-state index >= 15 is 0 Å². The first-order chi connectivity index (χ1) is 20.8. The lowest BCUT2D eigenvalue weighted by Crippen LogP contribution is -2.42. The number of benzene rings is 3. The van der Waals surface area contributed by atoms with Gasteiger partial charge in [-0.1, -0.05) is 70.5 Å². The normalized spacial score (nSPS) is 28.6. The minimum Gasteiger partial charge on any atom is -0.489 e. The molecule has 2 saturated carbocycles. The van der Waals surface area contributed by atoms with Crippen LogP contribution < -0.4 is 14.5 Å². The van der Waals surface area contributed by atoms with E-state index in [1.807, 2.05) is 49.4 Å². The number of imide groups is 1. The van der Waals surface area contributed by atoms with Gasteiger partial charge < -0.3 is 9.72 Å². The van der Waals surface area contributed by atoms with Crippen molar-refractivity contribution in [2.75, 3.05) is 4.90 Å². The molecule has 1 saturated heterocycles. The molecular formula is C34H29ClN2O4S2. The van der Waals surface area contributed by atoms with Gasteiger partial charge in [-0.3, -0.25) is 19.3 Å². The summed E-state index contributed by atoms with van der Waals surface area (Å²) in [5.74, 6) is -0.213. The van der Waals surface area contributed by atoms with Crippen LogP contribution in [0.4, 0.5) is 5.69 Å². The molecule has 2 aliphatic carbocycles. The minimum atomic E-state index is -0.364. The summed E-state index contributed by atoms with van der Waals surface area (Å²) < 4.78 is 6.45. The van der Waals surface area contributed by atoms with Crippen LogP contribution in [0.1, 0.15) is 39.5 Å². The second-order valence-corrected chi connectivity index (χ2v) is 14.9. The van der Waals surface area contributed by atoms with Gasteiger partial charge in [-0.05, 0) is 73.9 Å². The van der Waals surface area contributed by atoms with Crippen molar-refractivity contribution >= 4 is 52.2 Å². The van der Waals surface area contributed by atoms with E-state index in [1.54, 1.807) is 11.8 Å². The number of halogens is 1. The SMILES string of the molecule is Cc1ccc(COc2ccc(Cl)cc2[C@@H]2c3sc(=O)[nH]c3S[C@@H]3[C@@H]4C[C@@H]([C@@H]5C(=O)N(c6ccc(C)cc6)C(=O)[C@@H]45)[C@@H]23)cc1. The first-order valence-corrected chi connectivity index (χ1v) is 16.7. The Labute approximate surface area is 262 Å². The number of nitrogens with one attached hydrogen (secondary N) is 1. The molecule has 9 heteroatoms. The third-order valence-electron chi connectivity index (χ3n) is 9.84. The number of H-pyrrole nitrogens is 1. The molecule has 1 aromatic heterocycles. The molecule has 6 nitrogen and oxygen atoms in total. The number of anilines is 1. The summed E-state index contributed by atoms with van der Waals surface area (Å²) in [5, 5.41) is 1.55. The summed E-state index contributed by atoms with van der Waals surface area (Å²) in [6.45, 7) is 4.45. The van der Waals surface area contributed by atoms with Crippen LogP contribution in [0.5, 0.6) is 5.75 Å². The standard InChI is InChI=1S/C34H29ClN2O4S2/c1-16-3-7-18(8-4-16)15-41-24-12-9-19(35)13-21(24)25-26-22-14-23(29(26)42-31-30(25)43-34(40)36-31)28-27(22)32(38)37(33(28)39)20-10-5-17(2)6-11-20/h3-13,22-23,25-29H,14-15H2,1-2H3,(H,36,40)/t22-,23-,25+,26+,27+,28+,29-/m1/s1. The van der Waals surface area contributed by atoms with Crippen molar-refractivity contribution in [3.05, 3.63) is 109 Å². The van der Waals surface area contributed by atoms with Crippen molar-refractivity contribution in [1.82, 2.24) is 4.98 Å². The van der Waals surface area contributed by atoms with Crippen molar-refractivity contribution < 1.29 is 14.3 Å². The molecule has 218 valence electrons. The van der Waals surface area contributed by atoms with Gasteiger partial charge in [-0.15, -0.1) is 11.8 Å². The molecule has 4 aromatic rings. The largest absolute Gasteiger partial charge is 0.489 e. The molecule has 3 aromatic carbocycles. The third kappa shape index (κ3) is 4.25. The molecule has 8 rings (SSSR count). The summed E-state index contributed by atoms with van der Waals surface area (Å²) in [6, 6.07) is 21.6. The highest BCUT2D eigenvalue weighted by molar-refractivity contribution is 8.00. The van der Waals surface area contributed by atoms with Gasteiger partial charge in [-0.2, -0.15) is 0 Å². The Bertz CT molecular complexity index is 1830. The molecule has 0 spiro atoms. The second-order valence-electron chi connectivity index (χ2n) is 12.3. The quantitative estimate of drug-likeness (QED) is 0.242. The molecule has 43 heavy (non-hydrogen) atoms. The van der Waals surface area contributed by atoms with Crippen LogP contribution in [0, 0.1) is 43.4 Å². The first-order valence-electron chi connectivity index (χ1n) is 14.6. The molecule has 3 heterocycles. The fourth-order valence-electron chi connectivity index (χ4n) is 8.05.